The molecule has 0 aliphatic heterocycles. The molecule has 0 atom stereocenters. The van der Waals surface area contributed by atoms with Gasteiger partial charge in [-0.3, -0.25) is 9.52 Å². The van der Waals surface area contributed by atoms with Gasteiger partial charge in [-0.15, -0.1) is 0 Å². The second-order valence-corrected chi connectivity index (χ2v) is 10.5. The van der Waals surface area contributed by atoms with Crippen molar-refractivity contribution in [1.82, 2.24) is 9.62 Å². The van der Waals surface area contributed by atoms with Crippen LogP contribution in [0.25, 0.3) is 11.3 Å². The van der Waals surface area contributed by atoms with E-state index >= 15 is 0 Å². The van der Waals surface area contributed by atoms with Gasteiger partial charge in [0.05, 0.1) is 12.0 Å². The van der Waals surface area contributed by atoms with Crippen molar-refractivity contribution in [2.24, 2.45) is 4.99 Å². The summed E-state index contributed by atoms with van der Waals surface area (Å²) in [7, 11) is -3.57. The summed E-state index contributed by atoms with van der Waals surface area (Å²) in [6.45, 7) is 11.1. The first kappa shape index (κ1) is 29.0. The summed E-state index contributed by atoms with van der Waals surface area (Å²) in [6.07, 6.45) is 4.24. The number of hydrogen-bond acceptors (Lipinski definition) is 5. The monoisotopic (exact) mass is 511 g/mol. The summed E-state index contributed by atoms with van der Waals surface area (Å²) < 4.78 is 29.4. The highest BCUT2D eigenvalue weighted by atomic mass is 32.2. The molecule has 0 saturated heterocycles. The lowest BCUT2D eigenvalue weighted by Crippen LogP contribution is -2.37. The number of carbonyl (C=O) groups excluding carboxylic acids is 1. The number of unbranched alkanes of at least 4 members (excludes halogenated alkanes) is 1. The molecule has 0 unspecified atom stereocenters. The van der Waals surface area contributed by atoms with E-state index in [1.807, 2.05) is 41.1 Å². The summed E-state index contributed by atoms with van der Waals surface area (Å²) >= 11 is 0. The Hall–Kier alpha value is -3.23. The lowest BCUT2D eigenvalue weighted by molar-refractivity contribution is -0.123. The largest absolute Gasteiger partial charge is 0.372 e. The van der Waals surface area contributed by atoms with E-state index in [1.54, 1.807) is 6.08 Å². The van der Waals surface area contributed by atoms with E-state index in [1.165, 1.54) is 0 Å². The Morgan fingerprint density at radius 1 is 1.06 bits per heavy atom. The van der Waals surface area contributed by atoms with Gasteiger partial charge in [0.2, 0.25) is 10.0 Å². The number of rotatable bonds is 13. The van der Waals surface area contributed by atoms with Crippen molar-refractivity contribution >= 4 is 33.0 Å². The number of amidine groups is 1. The fourth-order valence-electron chi connectivity index (χ4n) is 3.65. The highest BCUT2D eigenvalue weighted by Crippen LogP contribution is 2.28. The molecule has 0 spiro atoms. The van der Waals surface area contributed by atoms with Gasteiger partial charge in [0.25, 0.3) is 5.91 Å². The van der Waals surface area contributed by atoms with Gasteiger partial charge in [0.15, 0.2) is 0 Å². The Balaban J connectivity index is 2.15. The van der Waals surface area contributed by atoms with Crippen LogP contribution in [0.4, 0.5) is 0 Å². The third kappa shape index (κ3) is 9.79. The molecule has 0 heterocycles. The zero-order chi connectivity index (χ0) is 26.6. The van der Waals surface area contributed by atoms with Crippen molar-refractivity contribution in [1.29, 1.82) is 0 Å². The van der Waals surface area contributed by atoms with Crippen LogP contribution in [0.1, 0.15) is 44.7 Å². The molecule has 8 heteroatoms. The zero-order valence-corrected chi connectivity index (χ0v) is 22.4. The molecule has 2 rings (SSSR count). The minimum absolute atomic E-state index is 0.192. The van der Waals surface area contributed by atoms with Gasteiger partial charge in [-0.05, 0) is 50.8 Å². The summed E-state index contributed by atoms with van der Waals surface area (Å²) in [4.78, 5) is 18.8. The van der Waals surface area contributed by atoms with Crippen molar-refractivity contribution in [2.75, 3.05) is 26.0 Å². The third-order valence-electron chi connectivity index (χ3n) is 5.41. The number of carbonyl (C=O) groups is 1. The highest BCUT2D eigenvalue weighted by Gasteiger charge is 2.15. The minimum atomic E-state index is -3.57. The number of nitrogens with zero attached hydrogens (tertiary/aromatic N) is 2. The van der Waals surface area contributed by atoms with Crippen molar-refractivity contribution in [2.45, 2.75) is 39.7 Å². The van der Waals surface area contributed by atoms with Crippen LogP contribution in [0.3, 0.4) is 0 Å². The smallest absolute Gasteiger partial charge is 0.259 e. The van der Waals surface area contributed by atoms with Crippen LogP contribution in [0.15, 0.2) is 78.3 Å². The van der Waals surface area contributed by atoms with Gasteiger partial charge in [0, 0.05) is 24.8 Å². The number of sulfonamides is 1. The minimum Gasteiger partial charge on any atom is -0.372 e. The number of hydrogen-bond donors (Lipinski definition) is 1. The molecule has 36 heavy (non-hydrogen) atoms. The number of amides is 1. The lowest BCUT2D eigenvalue weighted by atomic mass is 10.0. The van der Waals surface area contributed by atoms with E-state index in [4.69, 9.17) is 9.73 Å². The van der Waals surface area contributed by atoms with Crippen LogP contribution in [-0.4, -0.2) is 57.1 Å². The topological polar surface area (TPSA) is 88.1 Å². The van der Waals surface area contributed by atoms with E-state index in [2.05, 4.69) is 56.5 Å². The maximum atomic E-state index is 11.5. The molecule has 0 radical (unpaired) electrons. The highest BCUT2D eigenvalue weighted by molar-refractivity contribution is 7.89. The van der Waals surface area contributed by atoms with E-state index < -0.39 is 15.9 Å². The van der Waals surface area contributed by atoms with Crippen LogP contribution in [0.2, 0.25) is 0 Å². The van der Waals surface area contributed by atoms with Gasteiger partial charge < -0.3 is 9.64 Å². The zero-order valence-electron chi connectivity index (χ0n) is 21.6. The van der Waals surface area contributed by atoms with Crippen molar-refractivity contribution in [3.8, 4) is 0 Å². The number of aliphatic imine (C=N–C) groups is 1. The van der Waals surface area contributed by atoms with Gasteiger partial charge in [-0.1, -0.05) is 67.2 Å². The van der Waals surface area contributed by atoms with Crippen LogP contribution >= 0.6 is 0 Å². The summed E-state index contributed by atoms with van der Waals surface area (Å²) in [5, 5.41) is 0. The molecule has 0 aliphatic carbocycles. The van der Waals surface area contributed by atoms with Gasteiger partial charge in [-0.2, -0.15) is 0 Å². The Labute approximate surface area is 215 Å². The van der Waals surface area contributed by atoms with E-state index in [0.29, 0.717) is 13.0 Å². The molecule has 0 aromatic heterocycles. The third-order valence-corrected chi connectivity index (χ3v) is 6.00. The second-order valence-electron chi connectivity index (χ2n) is 8.72. The second kappa shape index (κ2) is 14.4. The quantitative estimate of drug-likeness (QED) is 0.182. The van der Waals surface area contributed by atoms with E-state index in [9.17, 15) is 13.2 Å². The molecule has 2 aromatic rings. The van der Waals surface area contributed by atoms with Crippen LogP contribution < -0.4 is 4.72 Å². The summed E-state index contributed by atoms with van der Waals surface area (Å²) in [6, 6.07) is 20.5. The molecule has 1 N–H and O–H groups in total. The maximum absolute atomic E-state index is 11.5. The molecular formula is C28H37N3O4S. The average molecular weight is 512 g/mol. The van der Waals surface area contributed by atoms with E-state index in [0.717, 1.165) is 47.5 Å². The normalized spacial score (nSPS) is 12.8. The fraction of sp³-hybridized carbons (Fsp3) is 0.357. The Kier molecular flexibility index (Phi) is 11.6. The first-order valence-corrected chi connectivity index (χ1v) is 13.9. The fourth-order valence-corrected chi connectivity index (χ4v) is 4.12. The maximum Gasteiger partial charge on any atom is 0.259 e. The first-order chi connectivity index (χ1) is 17.1. The molecule has 1 amide bonds. The number of ether oxygens (including phenoxy) is 1. The Morgan fingerprint density at radius 2 is 1.64 bits per heavy atom. The molecule has 2 aromatic carbocycles. The van der Waals surface area contributed by atoms with Crippen molar-refractivity contribution in [3.63, 3.8) is 0 Å². The van der Waals surface area contributed by atoms with Gasteiger partial charge in [-0.25, -0.2) is 13.4 Å². The number of nitrogens with one attached hydrogen (secondary N) is 1. The molecule has 7 nitrogen and oxygen atoms in total. The Bertz CT molecular complexity index is 1160. The Morgan fingerprint density at radius 3 is 2.17 bits per heavy atom. The van der Waals surface area contributed by atoms with Crippen LogP contribution in [0.5, 0.6) is 0 Å². The summed E-state index contributed by atoms with van der Waals surface area (Å²) in [5.74, 6) is 0.115. The van der Waals surface area contributed by atoms with Crippen LogP contribution in [0, 0.1) is 0 Å². The van der Waals surface area contributed by atoms with Crippen molar-refractivity contribution < 1.29 is 17.9 Å². The number of benzene rings is 2. The van der Waals surface area contributed by atoms with Gasteiger partial charge >= 0.3 is 0 Å². The van der Waals surface area contributed by atoms with E-state index in [-0.39, 0.29) is 12.6 Å². The van der Waals surface area contributed by atoms with Crippen LogP contribution in [-0.2, 0) is 19.6 Å². The standard InChI is InChI=1S/C28H37N3O4S/c1-6-26(31(22(2)3)19-13-14-20-35-21-27(32)30-36(5,33)34)29-28(25-17-11-8-12-18-25)23(4)24-15-9-7-10-16-24/h6-12,15-18,22H,1,13-14,19-21H2,2-5H3,(H,30,32)/b28-23+,29-26?. The first-order valence-electron chi connectivity index (χ1n) is 12.0. The molecular weight excluding hydrogens is 474 g/mol. The molecule has 0 saturated carbocycles. The number of allylic oxidation sites excluding steroid dienone is 1. The molecule has 0 bridgehead atoms. The predicted molar refractivity (Wildman–Crippen MR) is 148 cm³/mol. The summed E-state index contributed by atoms with van der Waals surface area (Å²) in [5.41, 5.74) is 4.10. The molecule has 194 valence electrons. The average Bonchev–Trinajstić information content (AvgIpc) is 2.84. The van der Waals surface area contributed by atoms with Gasteiger partial charge in [0.1, 0.15) is 12.4 Å². The predicted octanol–water partition coefficient (Wildman–Crippen LogP) is 4.74. The SMILES string of the molecule is C=CC(=N/C(=C(\C)c1ccccc1)c1ccccc1)N(CCCCOCC(=O)NS(C)(=O)=O)C(C)C. The molecule has 0 aliphatic rings. The lowest BCUT2D eigenvalue weighted by Gasteiger charge is -2.29. The van der Waals surface area contributed by atoms with Crippen molar-refractivity contribution in [3.05, 3.63) is 84.4 Å². The molecule has 0 fully saturated rings.